The molecule has 2 rings (SSSR count). The second-order valence-electron chi connectivity index (χ2n) is 5.38. The minimum absolute atomic E-state index is 0.277. The number of amides is 1. The summed E-state index contributed by atoms with van der Waals surface area (Å²) in [6, 6.07) is 10.4. The third-order valence-corrected chi connectivity index (χ3v) is 3.73. The minimum Gasteiger partial charge on any atom is -0.370 e. The molecule has 2 aromatic carbocycles. The average Bonchev–Trinajstić information content (AvgIpc) is 2.59. The van der Waals surface area contributed by atoms with Crippen molar-refractivity contribution < 1.29 is 9.18 Å². The van der Waals surface area contributed by atoms with E-state index in [0.717, 1.165) is 27.8 Å². The number of nitrogens with two attached hydrogens (primary N) is 2. The molecule has 2 aromatic rings. The van der Waals surface area contributed by atoms with Crippen molar-refractivity contribution in [2.24, 2.45) is 16.5 Å². The Balaban J connectivity index is 2.61. The molecule has 4 nitrogen and oxygen atoms in total. The van der Waals surface area contributed by atoms with Crippen molar-refractivity contribution in [3.8, 4) is 11.1 Å². The summed E-state index contributed by atoms with van der Waals surface area (Å²) in [7, 11) is 0. The van der Waals surface area contributed by atoms with Crippen LogP contribution in [0.5, 0.6) is 0 Å². The molecule has 0 bridgehead atoms. The third kappa shape index (κ3) is 4.41. The number of hydrogen-bond donors (Lipinski definition) is 2. The van der Waals surface area contributed by atoms with E-state index in [0.29, 0.717) is 6.42 Å². The molecule has 0 aromatic heterocycles. The lowest BCUT2D eigenvalue weighted by atomic mass is 9.91. The number of rotatable bonds is 5. The van der Waals surface area contributed by atoms with Crippen molar-refractivity contribution in [3.05, 3.63) is 71.6 Å². The Morgan fingerprint density at radius 2 is 2.00 bits per heavy atom. The summed E-state index contributed by atoms with van der Waals surface area (Å²) in [6.07, 6.45) is 5.31. The second kappa shape index (κ2) is 8.06. The molecular weight excluding hydrogens is 317 g/mol. The van der Waals surface area contributed by atoms with Gasteiger partial charge in [0.15, 0.2) is 5.96 Å². The van der Waals surface area contributed by atoms with Crippen LogP contribution in [-0.4, -0.2) is 11.9 Å². The minimum atomic E-state index is -0.556. The fourth-order valence-corrected chi connectivity index (χ4v) is 2.62. The standard InChI is InChI=1S/C20H20FN3O/c1-3-13-6-5-7-18(16(13)10-11-19(25)24-20(22)23)17-9-8-15(21)12-14(17)4-2/h3,5-12H,1,4H2,2H3,(H4,22,23,24,25)/b11-10+. The van der Waals surface area contributed by atoms with Crippen molar-refractivity contribution in [2.45, 2.75) is 13.3 Å². The quantitative estimate of drug-likeness (QED) is 0.498. The highest BCUT2D eigenvalue weighted by molar-refractivity contribution is 6.01. The predicted molar refractivity (Wildman–Crippen MR) is 101 cm³/mol. The first-order valence-electron chi connectivity index (χ1n) is 7.82. The van der Waals surface area contributed by atoms with Crippen molar-refractivity contribution >= 4 is 24.0 Å². The molecule has 0 aliphatic carbocycles. The summed E-state index contributed by atoms with van der Waals surface area (Å²) in [5, 5.41) is 0. The van der Waals surface area contributed by atoms with Crippen LogP contribution in [0.15, 0.2) is 54.0 Å². The zero-order chi connectivity index (χ0) is 18.4. The van der Waals surface area contributed by atoms with E-state index in [9.17, 15) is 9.18 Å². The highest BCUT2D eigenvalue weighted by Crippen LogP contribution is 2.31. The molecule has 0 heterocycles. The summed E-state index contributed by atoms with van der Waals surface area (Å²) in [5.41, 5.74) is 14.7. The predicted octanol–water partition coefficient (Wildman–Crippen LogP) is 3.51. The number of halogens is 1. The lowest BCUT2D eigenvalue weighted by Crippen LogP contribution is -2.23. The molecule has 5 heteroatoms. The molecule has 0 radical (unpaired) electrons. The summed E-state index contributed by atoms with van der Waals surface area (Å²) >= 11 is 0. The number of aliphatic imine (C=N–C) groups is 1. The van der Waals surface area contributed by atoms with Crippen LogP contribution in [0, 0.1) is 5.82 Å². The summed E-state index contributed by atoms with van der Waals surface area (Å²) in [4.78, 5) is 15.2. The number of nitrogens with zero attached hydrogens (tertiary/aromatic N) is 1. The summed E-state index contributed by atoms with van der Waals surface area (Å²) < 4.78 is 13.6. The van der Waals surface area contributed by atoms with E-state index in [1.165, 1.54) is 18.2 Å². The van der Waals surface area contributed by atoms with Crippen LogP contribution in [0.3, 0.4) is 0 Å². The molecular formula is C20H20FN3O. The number of carbonyl (C=O) groups is 1. The molecule has 128 valence electrons. The van der Waals surface area contributed by atoms with Gasteiger partial charge in [-0.2, -0.15) is 4.99 Å². The fourth-order valence-electron chi connectivity index (χ4n) is 2.62. The maximum Gasteiger partial charge on any atom is 0.272 e. The highest BCUT2D eigenvalue weighted by atomic mass is 19.1. The smallest absolute Gasteiger partial charge is 0.272 e. The van der Waals surface area contributed by atoms with Crippen LogP contribution in [0.4, 0.5) is 4.39 Å². The molecule has 0 aliphatic heterocycles. The number of benzene rings is 2. The highest BCUT2D eigenvalue weighted by Gasteiger charge is 2.11. The van der Waals surface area contributed by atoms with Gasteiger partial charge in [-0.1, -0.05) is 43.8 Å². The lowest BCUT2D eigenvalue weighted by Gasteiger charge is -2.13. The first kappa shape index (κ1) is 18.1. The number of guanidine groups is 1. The number of hydrogen-bond acceptors (Lipinski definition) is 1. The van der Waals surface area contributed by atoms with Crippen molar-refractivity contribution in [2.75, 3.05) is 0 Å². The van der Waals surface area contributed by atoms with Crippen LogP contribution in [-0.2, 0) is 11.2 Å². The molecule has 25 heavy (non-hydrogen) atoms. The maximum atomic E-state index is 13.6. The SMILES string of the molecule is C=Cc1cccc(-c2ccc(F)cc2CC)c1/C=C/C(=O)N=C(N)N. The van der Waals surface area contributed by atoms with Gasteiger partial charge >= 0.3 is 0 Å². The van der Waals surface area contributed by atoms with Gasteiger partial charge in [0.1, 0.15) is 5.82 Å². The normalized spacial score (nSPS) is 10.6. The van der Waals surface area contributed by atoms with Gasteiger partial charge in [-0.3, -0.25) is 4.79 Å². The Hall–Kier alpha value is -3.21. The van der Waals surface area contributed by atoms with Gasteiger partial charge in [0.2, 0.25) is 0 Å². The van der Waals surface area contributed by atoms with Crippen molar-refractivity contribution in [1.29, 1.82) is 0 Å². The molecule has 0 saturated carbocycles. The van der Waals surface area contributed by atoms with E-state index in [4.69, 9.17) is 11.5 Å². The Labute approximate surface area is 146 Å². The molecule has 0 unspecified atom stereocenters. The van der Waals surface area contributed by atoms with E-state index >= 15 is 0 Å². The monoisotopic (exact) mass is 337 g/mol. The van der Waals surface area contributed by atoms with Gasteiger partial charge in [-0.05, 0) is 52.4 Å². The fraction of sp³-hybridized carbons (Fsp3) is 0.100. The Kier molecular flexibility index (Phi) is 5.84. The molecule has 4 N–H and O–H groups in total. The number of carbonyl (C=O) groups excluding carboxylic acids is 1. The van der Waals surface area contributed by atoms with Gasteiger partial charge in [0.25, 0.3) is 5.91 Å². The number of aryl methyl sites for hydroxylation is 1. The largest absolute Gasteiger partial charge is 0.370 e. The van der Waals surface area contributed by atoms with Gasteiger partial charge < -0.3 is 11.5 Å². The van der Waals surface area contributed by atoms with E-state index < -0.39 is 5.91 Å². The van der Waals surface area contributed by atoms with Crippen molar-refractivity contribution in [3.63, 3.8) is 0 Å². The third-order valence-electron chi connectivity index (χ3n) is 3.73. The van der Waals surface area contributed by atoms with Crippen LogP contribution >= 0.6 is 0 Å². The summed E-state index contributed by atoms with van der Waals surface area (Å²) in [6.45, 7) is 5.78. The summed E-state index contributed by atoms with van der Waals surface area (Å²) in [5.74, 6) is -1.13. The average molecular weight is 337 g/mol. The van der Waals surface area contributed by atoms with Crippen LogP contribution < -0.4 is 11.5 Å². The molecule has 0 atom stereocenters. The first-order valence-corrected chi connectivity index (χ1v) is 7.82. The van der Waals surface area contributed by atoms with Crippen LogP contribution in [0.2, 0.25) is 0 Å². The van der Waals surface area contributed by atoms with Crippen LogP contribution in [0.1, 0.15) is 23.6 Å². The van der Waals surface area contributed by atoms with E-state index in [1.54, 1.807) is 18.2 Å². The Bertz CT molecular complexity index is 865. The molecule has 0 fully saturated rings. The topological polar surface area (TPSA) is 81.5 Å². The van der Waals surface area contributed by atoms with E-state index in [-0.39, 0.29) is 11.8 Å². The van der Waals surface area contributed by atoms with Gasteiger partial charge in [0.05, 0.1) is 0 Å². The van der Waals surface area contributed by atoms with Crippen molar-refractivity contribution in [1.82, 2.24) is 0 Å². The maximum absolute atomic E-state index is 13.6. The van der Waals surface area contributed by atoms with E-state index in [2.05, 4.69) is 11.6 Å². The lowest BCUT2D eigenvalue weighted by molar-refractivity contribution is -0.113. The zero-order valence-electron chi connectivity index (χ0n) is 14.0. The second-order valence-corrected chi connectivity index (χ2v) is 5.38. The van der Waals surface area contributed by atoms with Gasteiger partial charge in [0, 0.05) is 6.08 Å². The van der Waals surface area contributed by atoms with E-state index in [1.807, 2.05) is 25.1 Å². The molecule has 0 aliphatic rings. The molecule has 0 saturated heterocycles. The zero-order valence-corrected chi connectivity index (χ0v) is 14.0. The Morgan fingerprint density at radius 3 is 2.64 bits per heavy atom. The van der Waals surface area contributed by atoms with Crippen LogP contribution in [0.25, 0.3) is 23.3 Å². The first-order chi connectivity index (χ1) is 12.0. The molecule has 0 spiro atoms. The Morgan fingerprint density at radius 1 is 1.24 bits per heavy atom. The molecule has 1 amide bonds. The van der Waals surface area contributed by atoms with Gasteiger partial charge in [-0.25, -0.2) is 4.39 Å². The van der Waals surface area contributed by atoms with Gasteiger partial charge in [-0.15, -0.1) is 0 Å².